The molecule has 0 aromatic heterocycles. The van der Waals surface area contributed by atoms with Gasteiger partial charge in [0.25, 0.3) is 0 Å². The predicted octanol–water partition coefficient (Wildman–Crippen LogP) is 2.57. The van der Waals surface area contributed by atoms with Crippen molar-refractivity contribution in [1.82, 2.24) is 4.90 Å². The molecule has 5 heteroatoms. The van der Waals surface area contributed by atoms with Gasteiger partial charge in [0.15, 0.2) is 0 Å². The first-order valence-electron chi connectivity index (χ1n) is 4.91. The van der Waals surface area contributed by atoms with Crippen LogP contribution in [0.2, 0.25) is 6.32 Å². The monoisotopic (exact) mass is 194 g/mol. The summed E-state index contributed by atoms with van der Waals surface area (Å²) in [5.74, 6) is 0.688. The average Bonchev–Trinajstić information content (AvgIpc) is 2.02. The number of rotatable bonds is 3. The molecule has 0 N–H and O–H groups in total. The second-order valence-electron chi connectivity index (χ2n) is 4.02. The summed E-state index contributed by atoms with van der Waals surface area (Å²) in [7, 11) is 0. The minimum absolute atomic E-state index is 0.205. The summed E-state index contributed by atoms with van der Waals surface area (Å²) in [6.45, 7) is -0.540. The largest absolute Gasteiger partial charge is 0.479 e. The molecule has 0 aromatic rings. The maximum Gasteiger partial charge on any atom is 0.479 e. The lowest BCUT2D eigenvalue weighted by atomic mass is 9.85. The van der Waals surface area contributed by atoms with Crippen molar-refractivity contribution in [3.05, 3.63) is 0 Å². The van der Waals surface area contributed by atoms with E-state index in [2.05, 4.69) is 6.92 Å². The number of piperidine rings is 1. The quantitative estimate of drug-likeness (QED) is 0.624. The van der Waals surface area contributed by atoms with Crippen LogP contribution in [0.25, 0.3) is 0 Å². The first-order chi connectivity index (χ1) is 5.97. The van der Waals surface area contributed by atoms with Gasteiger partial charge >= 0.3 is 6.98 Å². The predicted molar refractivity (Wildman–Crippen MR) is 48.7 cm³/mol. The Morgan fingerprint density at radius 2 is 1.77 bits per heavy atom. The number of hydrogen-bond acceptors (Lipinski definition) is 1. The molecule has 1 rings (SSSR count). The van der Waals surface area contributed by atoms with Crippen LogP contribution < -0.4 is 0 Å². The van der Waals surface area contributed by atoms with Gasteiger partial charge in [-0.1, -0.05) is 13.2 Å². The number of halogens is 3. The molecule has 0 radical (unpaired) electrons. The standard InChI is InChI=1S/C8H16BF3N/c1-8-2-5-13(6-3-8)7-4-9(10,11)12/h8H,2-7H2,1H3/q-1. The summed E-state index contributed by atoms with van der Waals surface area (Å²) < 4.78 is 35.8. The van der Waals surface area contributed by atoms with Gasteiger partial charge in [-0.05, 0) is 38.4 Å². The fourth-order valence-corrected chi connectivity index (χ4v) is 1.61. The van der Waals surface area contributed by atoms with E-state index in [1.54, 1.807) is 0 Å². The summed E-state index contributed by atoms with van der Waals surface area (Å²) in [6.07, 6.45) is 1.49. The van der Waals surface area contributed by atoms with Crippen molar-refractivity contribution in [1.29, 1.82) is 0 Å². The molecule has 13 heavy (non-hydrogen) atoms. The van der Waals surface area contributed by atoms with Gasteiger partial charge in [-0.15, -0.1) is 0 Å². The van der Waals surface area contributed by atoms with Crippen molar-refractivity contribution in [2.75, 3.05) is 19.6 Å². The van der Waals surface area contributed by atoms with E-state index in [1.807, 2.05) is 4.90 Å². The van der Waals surface area contributed by atoms with Gasteiger partial charge in [0.05, 0.1) is 0 Å². The topological polar surface area (TPSA) is 3.24 Å². The lowest BCUT2D eigenvalue weighted by Crippen LogP contribution is -2.36. The highest BCUT2D eigenvalue weighted by Crippen LogP contribution is 2.19. The van der Waals surface area contributed by atoms with E-state index in [9.17, 15) is 12.9 Å². The summed E-state index contributed by atoms with van der Waals surface area (Å²) in [4.78, 5) is 1.93. The molecule has 0 spiro atoms. The number of likely N-dealkylation sites (tertiary alicyclic amines) is 1. The van der Waals surface area contributed by atoms with Gasteiger partial charge in [-0.25, -0.2) is 0 Å². The maximum absolute atomic E-state index is 11.9. The number of nitrogens with zero attached hydrogens (tertiary/aromatic N) is 1. The van der Waals surface area contributed by atoms with E-state index in [1.165, 1.54) is 0 Å². The Morgan fingerprint density at radius 3 is 2.23 bits per heavy atom. The van der Waals surface area contributed by atoms with Crippen molar-refractivity contribution in [2.45, 2.75) is 26.1 Å². The third-order valence-corrected chi connectivity index (χ3v) is 2.65. The van der Waals surface area contributed by atoms with Crippen molar-refractivity contribution >= 4 is 6.98 Å². The summed E-state index contributed by atoms with van der Waals surface area (Å²) in [5.41, 5.74) is 0. The van der Waals surface area contributed by atoms with Crippen LogP contribution in [0, 0.1) is 5.92 Å². The highest BCUT2D eigenvalue weighted by molar-refractivity contribution is 6.58. The molecule has 1 fully saturated rings. The Hall–Kier alpha value is -0.185. The molecular weight excluding hydrogens is 178 g/mol. The van der Waals surface area contributed by atoms with Gasteiger partial charge in [-0.3, -0.25) is 0 Å². The van der Waals surface area contributed by atoms with Crippen molar-refractivity contribution < 1.29 is 12.9 Å². The lowest BCUT2D eigenvalue weighted by Gasteiger charge is -2.31. The zero-order chi connectivity index (χ0) is 9.90. The van der Waals surface area contributed by atoms with Crippen LogP contribution in [0.4, 0.5) is 12.9 Å². The molecule has 0 amide bonds. The summed E-state index contributed by atoms with van der Waals surface area (Å²) >= 11 is 0. The third-order valence-electron chi connectivity index (χ3n) is 2.65. The van der Waals surface area contributed by atoms with E-state index in [-0.39, 0.29) is 6.54 Å². The Balaban J connectivity index is 2.16. The Labute approximate surface area is 77.4 Å². The van der Waals surface area contributed by atoms with Crippen LogP contribution in [-0.2, 0) is 0 Å². The van der Waals surface area contributed by atoms with E-state index in [0.717, 1.165) is 25.9 Å². The molecule has 0 bridgehead atoms. The van der Waals surface area contributed by atoms with Gasteiger partial charge in [0.1, 0.15) is 0 Å². The normalized spacial score (nSPS) is 22.2. The van der Waals surface area contributed by atoms with Gasteiger partial charge in [0.2, 0.25) is 0 Å². The molecule has 1 aliphatic rings. The van der Waals surface area contributed by atoms with E-state index in [4.69, 9.17) is 0 Å². The fraction of sp³-hybridized carbons (Fsp3) is 1.00. The number of hydrogen-bond donors (Lipinski definition) is 0. The van der Waals surface area contributed by atoms with Gasteiger partial charge < -0.3 is 17.8 Å². The SMILES string of the molecule is CC1CCN(CC[B-](F)(F)F)CC1. The molecule has 1 saturated heterocycles. The molecule has 0 aliphatic carbocycles. The third kappa shape index (κ3) is 4.55. The smallest absolute Gasteiger partial charge is 0.449 e. The molecule has 1 heterocycles. The van der Waals surface area contributed by atoms with E-state index < -0.39 is 13.3 Å². The van der Waals surface area contributed by atoms with Crippen LogP contribution >= 0.6 is 0 Å². The van der Waals surface area contributed by atoms with Crippen LogP contribution in [0.1, 0.15) is 19.8 Å². The fourth-order valence-electron chi connectivity index (χ4n) is 1.61. The van der Waals surface area contributed by atoms with E-state index >= 15 is 0 Å². The second-order valence-corrected chi connectivity index (χ2v) is 4.02. The van der Waals surface area contributed by atoms with Crippen LogP contribution in [0.3, 0.4) is 0 Å². The van der Waals surface area contributed by atoms with Crippen molar-refractivity contribution in [3.8, 4) is 0 Å². The molecule has 1 aliphatic heterocycles. The van der Waals surface area contributed by atoms with Gasteiger partial charge in [-0.2, -0.15) is 0 Å². The molecule has 1 nitrogen and oxygen atoms in total. The van der Waals surface area contributed by atoms with Crippen molar-refractivity contribution in [3.63, 3.8) is 0 Å². The molecule has 0 aromatic carbocycles. The lowest BCUT2D eigenvalue weighted by molar-refractivity contribution is 0.197. The summed E-state index contributed by atoms with van der Waals surface area (Å²) in [6, 6.07) is 0. The Bertz CT molecular complexity index is 152. The summed E-state index contributed by atoms with van der Waals surface area (Å²) in [5, 5.41) is 0. The molecule has 0 atom stereocenters. The maximum atomic E-state index is 11.9. The minimum Gasteiger partial charge on any atom is -0.449 e. The Kier molecular flexibility index (Phi) is 3.65. The van der Waals surface area contributed by atoms with E-state index in [0.29, 0.717) is 5.92 Å². The van der Waals surface area contributed by atoms with Crippen LogP contribution in [-0.4, -0.2) is 31.5 Å². The molecule has 0 saturated carbocycles. The van der Waals surface area contributed by atoms with Crippen LogP contribution in [0.5, 0.6) is 0 Å². The van der Waals surface area contributed by atoms with Gasteiger partial charge in [0, 0.05) is 0 Å². The van der Waals surface area contributed by atoms with Crippen LogP contribution in [0.15, 0.2) is 0 Å². The Morgan fingerprint density at radius 1 is 1.23 bits per heavy atom. The first-order valence-corrected chi connectivity index (χ1v) is 4.91. The van der Waals surface area contributed by atoms with Crippen molar-refractivity contribution in [2.24, 2.45) is 5.92 Å². The molecular formula is C8H16BF3N-. The second kappa shape index (κ2) is 4.35. The highest BCUT2D eigenvalue weighted by atomic mass is 19.4. The molecule has 0 unspecified atom stereocenters. The highest BCUT2D eigenvalue weighted by Gasteiger charge is 2.24. The molecule has 78 valence electrons. The average molecular weight is 194 g/mol. The minimum atomic E-state index is -4.58. The zero-order valence-electron chi connectivity index (χ0n) is 7.98. The zero-order valence-corrected chi connectivity index (χ0v) is 7.98. The first kappa shape index (κ1) is 10.9.